The molecule has 0 unspecified atom stereocenters. The zero-order valence-electron chi connectivity index (χ0n) is 18.4. The molecule has 0 spiro atoms. The van der Waals surface area contributed by atoms with Gasteiger partial charge in [0, 0.05) is 32.5 Å². The van der Waals surface area contributed by atoms with Crippen molar-refractivity contribution < 1.29 is 28.6 Å². The average Bonchev–Trinajstić information content (AvgIpc) is 2.68. The van der Waals surface area contributed by atoms with E-state index in [-0.39, 0.29) is 24.8 Å². The van der Waals surface area contributed by atoms with Crippen molar-refractivity contribution in [2.45, 2.75) is 45.6 Å². The summed E-state index contributed by atoms with van der Waals surface area (Å²) in [5.41, 5.74) is 0.387. The van der Waals surface area contributed by atoms with E-state index in [1.54, 1.807) is 41.1 Å². The van der Waals surface area contributed by atoms with Crippen LogP contribution in [0.2, 0.25) is 0 Å². The van der Waals surface area contributed by atoms with Gasteiger partial charge in [0.05, 0.1) is 14.2 Å². The molecule has 30 heavy (non-hydrogen) atoms. The van der Waals surface area contributed by atoms with Crippen molar-refractivity contribution in [3.63, 3.8) is 0 Å². The standard InChI is InChI=1S/C21H33N3O6/c1-21(2,3)30-20(27)24-11-10-19(26)23-13-12-22-18(25)9-7-15-6-8-16(28-4)17(14-15)29-5/h6,8,14H,7,9-13H2,1-5H3,(H,22,25)(H,23,26)(H,24,27). The van der Waals surface area contributed by atoms with Gasteiger partial charge in [0.1, 0.15) is 5.60 Å². The molecule has 1 aromatic rings. The first-order chi connectivity index (χ1) is 14.1. The molecule has 168 valence electrons. The number of hydrogen-bond donors (Lipinski definition) is 3. The Kier molecular flexibility index (Phi) is 10.5. The maximum absolute atomic E-state index is 12.0. The maximum Gasteiger partial charge on any atom is 0.407 e. The summed E-state index contributed by atoms with van der Waals surface area (Å²) in [4.78, 5) is 35.2. The van der Waals surface area contributed by atoms with Gasteiger partial charge in [-0.2, -0.15) is 0 Å². The largest absolute Gasteiger partial charge is 0.493 e. The number of nitrogens with one attached hydrogen (secondary N) is 3. The zero-order valence-corrected chi connectivity index (χ0v) is 18.4. The van der Waals surface area contributed by atoms with Gasteiger partial charge in [0.25, 0.3) is 0 Å². The van der Waals surface area contributed by atoms with E-state index < -0.39 is 11.7 Å². The second-order valence-electron chi connectivity index (χ2n) is 7.57. The Morgan fingerprint density at radius 2 is 1.43 bits per heavy atom. The van der Waals surface area contributed by atoms with Crippen molar-refractivity contribution in [2.24, 2.45) is 0 Å². The van der Waals surface area contributed by atoms with Crippen LogP contribution in [0.25, 0.3) is 0 Å². The molecule has 0 saturated heterocycles. The number of rotatable bonds is 11. The fraction of sp³-hybridized carbons (Fsp3) is 0.571. The van der Waals surface area contributed by atoms with Crippen LogP contribution in [0.3, 0.4) is 0 Å². The van der Waals surface area contributed by atoms with Gasteiger partial charge in [-0.15, -0.1) is 0 Å². The third-order valence-corrected chi connectivity index (χ3v) is 3.88. The van der Waals surface area contributed by atoms with Crippen LogP contribution in [0.4, 0.5) is 4.79 Å². The van der Waals surface area contributed by atoms with Crippen LogP contribution in [-0.2, 0) is 20.7 Å². The Hall–Kier alpha value is -2.97. The zero-order chi connectivity index (χ0) is 22.6. The van der Waals surface area contributed by atoms with Gasteiger partial charge in [-0.25, -0.2) is 4.79 Å². The Labute approximate surface area is 177 Å². The van der Waals surface area contributed by atoms with Crippen molar-refractivity contribution in [1.82, 2.24) is 16.0 Å². The van der Waals surface area contributed by atoms with E-state index in [2.05, 4.69) is 16.0 Å². The fourth-order valence-corrected chi connectivity index (χ4v) is 2.47. The first kappa shape index (κ1) is 25.1. The van der Waals surface area contributed by atoms with Gasteiger partial charge in [-0.3, -0.25) is 9.59 Å². The second-order valence-corrected chi connectivity index (χ2v) is 7.57. The highest BCUT2D eigenvalue weighted by Gasteiger charge is 2.15. The van der Waals surface area contributed by atoms with Crippen molar-refractivity contribution in [1.29, 1.82) is 0 Å². The molecule has 0 atom stereocenters. The highest BCUT2D eigenvalue weighted by atomic mass is 16.6. The molecule has 0 aliphatic heterocycles. The van der Waals surface area contributed by atoms with Gasteiger partial charge in [-0.05, 0) is 44.9 Å². The van der Waals surface area contributed by atoms with Crippen LogP contribution in [0, 0.1) is 0 Å². The number of aryl methyl sites for hydroxylation is 1. The molecular formula is C21H33N3O6. The molecule has 9 nitrogen and oxygen atoms in total. The summed E-state index contributed by atoms with van der Waals surface area (Å²) in [6, 6.07) is 5.54. The SMILES string of the molecule is COc1ccc(CCC(=O)NCCNC(=O)CCNC(=O)OC(C)(C)C)cc1OC. The number of hydrogen-bond acceptors (Lipinski definition) is 6. The summed E-state index contributed by atoms with van der Waals surface area (Å²) in [6.45, 7) is 6.12. The van der Waals surface area contributed by atoms with E-state index in [9.17, 15) is 14.4 Å². The monoisotopic (exact) mass is 423 g/mol. The Bertz CT molecular complexity index is 715. The quantitative estimate of drug-likeness (QED) is 0.468. The molecular weight excluding hydrogens is 390 g/mol. The molecule has 0 aromatic heterocycles. The molecule has 9 heteroatoms. The number of carbonyl (C=O) groups is 3. The minimum absolute atomic E-state index is 0.106. The van der Waals surface area contributed by atoms with Crippen LogP contribution in [0.15, 0.2) is 18.2 Å². The highest BCUT2D eigenvalue weighted by Crippen LogP contribution is 2.27. The Morgan fingerprint density at radius 1 is 0.833 bits per heavy atom. The smallest absolute Gasteiger partial charge is 0.407 e. The number of ether oxygens (including phenoxy) is 3. The van der Waals surface area contributed by atoms with Gasteiger partial charge in [0.2, 0.25) is 11.8 Å². The summed E-state index contributed by atoms with van der Waals surface area (Å²) in [6.07, 6.45) is 0.460. The number of methoxy groups -OCH3 is 2. The molecule has 0 saturated carbocycles. The summed E-state index contributed by atoms with van der Waals surface area (Å²) < 4.78 is 15.5. The van der Waals surface area contributed by atoms with Crippen LogP contribution in [-0.4, -0.2) is 57.4 Å². The second kappa shape index (κ2) is 12.6. The van der Waals surface area contributed by atoms with E-state index in [4.69, 9.17) is 14.2 Å². The van der Waals surface area contributed by atoms with Crippen molar-refractivity contribution in [3.8, 4) is 11.5 Å². The van der Waals surface area contributed by atoms with E-state index in [0.717, 1.165) is 5.56 Å². The molecule has 0 bridgehead atoms. The molecule has 3 amide bonds. The lowest BCUT2D eigenvalue weighted by molar-refractivity contribution is -0.122. The third-order valence-electron chi connectivity index (χ3n) is 3.88. The summed E-state index contributed by atoms with van der Waals surface area (Å²) in [7, 11) is 3.14. The average molecular weight is 424 g/mol. The molecule has 0 heterocycles. The first-order valence-corrected chi connectivity index (χ1v) is 9.85. The lowest BCUT2D eigenvalue weighted by Crippen LogP contribution is -2.37. The van der Waals surface area contributed by atoms with E-state index in [1.807, 2.05) is 12.1 Å². The van der Waals surface area contributed by atoms with Crippen molar-refractivity contribution >= 4 is 17.9 Å². The van der Waals surface area contributed by atoms with Crippen LogP contribution in [0.1, 0.15) is 39.2 Å². The highest BCUT2D eigenvalue weighted by molar-refractivity contribution is 5.78. The molecule has 0 radical (unpaired) electrons. The maximum atomic E-state index is 12.0. The molecule has 0 aliphatic carbocycles. The van der Waals surface area contributed by atoms with Crippen LogP contribution < -0.4 is 25.4 Å². The van der Waals surface area contributed by atoms with Crippen molar-refractivity contribution in [2.75, 3.05) is 33.9 Å². The number of benzene rings is 1. The van der Waals surface area contributed by atoms with Crippen molar-refractivity contribution in [3.05, 3.63) is 23.8 Å². The summed E-state index contributed by atoms with van der Waals surface area (Å²) >= 11 is 0. The lowest BCUT2D eigenvalue weighted by Gasteiger charge is -2.19. The predicted octanol–water partition coefficient (Wildman–Crippen LogP) is 1.78. The van der Waals surface area contributed by atoms with E-state index in [1.165, 1.54) is 0 Å². The van der Waals surface area contributed by atoms with E-state index >= 15 is 0 Å². The summed E-state index contributed by atoms with van der Waals surface area (Å²) in [5.74, 6) is 0.943. The Morgan fingerprint density at radius 3 is 2.00 bits per heavy atom. The van der Waals surface area contributed by atoms with Crippen LogP contribution >= 0.6 is 0 Å². The molecule has 0 aliphatic rings. The molecule has 3 N–H and O–H groups in total. The first-order valence-electron chi connectivity index (χ1n) is 9.85. The molecule has 0 fully saturated rings. The third kappa shape index (κ3) is 10.5. The van der Waals surface area contributed by atoms with Gasteiger partial charge in [0.15, 0.2) is 11.5 Å². The number of amides is 3. The van der Waals surface area contributed by atoms with Gasteiger partial charge >= 0.3 is 6.09 Å². The normalized spacial score (nSPS) is 10.7. The van der Waals surface area contributed by atoms with Gasteiger partial charge in [-0.1, -0.05) is 6.07 Å². The van der Waals surface area contributed by atoms with Gasteiger partial charge < -0.3 is 30.2 Å². The molecule has 1 rings (SSSR count). The minimum atomic E-state index is -0.579. The van der Waals surface area contributed by atoms with E-state index in [0.29, 0.717) is 37.4 Å². The fourth-order valence-electron chi connectivity index (χ4n) is 2.47. The lowest BCUT2D eigenvalue weighted by atomic mass is 10.1. The Balaban J connectivity index is 2.17. The minimum Gasteiger partial charge on any atom is -0.493 e. The van der Waals surface area contributed by atoms with Crippen LogP contribution in [0.5, 0.6) is 11.5 Å². The number of carbonyl (C=O) groups excluding carboxylic acids is 3. The number of alkyl carbamates (subject to hydrolysis) is 1. The summed E-state index contributed by atoms with van der Waals surface area (Å²) in [5, 5.41) is 7.96. The topological polar surface area (TPSA) is 115 Å². The molecule has 1 aromatic carbocycles. The predicted molar refractivity (Wildman–Crippen MR) is 113 cm³/mol.